The predicted molar refractivity (Wildman–Crippen MR) is 38.4 cm³/mol. The molecular formula is C7H11N3. The van der Waals surface area contributed by atoms with E-state index in [9.17, 15) is 0 Å². The van der Waals surface area contributed by atoms with Crippen LogP contribution in [0.2, 0.25) is 0 Å². The highest BCUT2D eigenvalue weighted by molar-refractivity contribution is 4.94. The number of hydrogen-bond acceptors (Lipinski definition) is 3. The van der Waals surface area contributed by atoms with Gasteiger partial charge in [-0.2, -0.15) is 0 Å². The minimum atomic E-state index is 1.02. The number of unbranched alkanes of at least 4 members (excludes halogenated alkanes) is 1. The molecule has 0 unspecified atom stereocenters. The van der Waals surface area contributed by atoms with Gasteiger partial charge in [-0.25, -0.2) is 0 Å². The van der Waals surface area contributed by atoms with Gasteiger partial charge in [0.2, 0.25) is 0 Å². The quantitative estimate of drug-likeness (QED) is 0.628. The Bertz CT molecular complexity index is 173. The molecule has 0 fully saturated rings. The van der Waals surface area contributed by atoms with Crippen molar-refractivity contribution in [1.82, 2.24) is 15.4 Å². The van der Waals surface area contributed by atoms with Crippen molar-refractivity contribution in [3.05, 3.63) is 18.0 Å². The van der Waals surface area contributed by atoms with Crippen LogP contribution >= 0.6 is 0 Å². The zero-order valence-electron chi connectivity index (χ0n) is 6.12. The molecule has 0 radical (unpaired) electrons. The Labute approximate surface area is 60.5 Å². The Balaban J connectivity index is 2.43. The van der Waals surface area contributed by atoms with Gasteiger partial charge in [-0.3, -0.25) is 0 Å². The molecule has 0 aliphatic heterocycles. The lowest BCUT2D eigenvalue weighted by Gasteiger charge is -1.93. The van der Waals surface area contributed by atoms with E-state index >= 15 is 0 Å². The first kappa shape index (κ1) is 7.12. The lowest BCUT2D eigenvalue weighted by Crippen LogP contribution is -1.93. The van der Waals surface area contributed by atoms with Crippen molar-refractivity contribution in [2.24, 2.45) is 0 Å². The van der Waals surface area contributed by atoms with Gasteiger partial charge in [0.15, 0.2) is 0 Å². The third-order valence-electron chi connectivity index (χ3n) is 1.34. The fourth-order valence-corrected chi connectivity index (χ4v) is 0.757. The summed E-state index contributed by atoms with van der Waals surface area (Å²) in [7, 11) is 0. The second-order valence-electron chi connectivity index (χ2n) is 2.22. The monoisotopic (exact) mass is 137 g/mol. The van der Waals surface area contributed by atoms with Gasteiger partial charge >= 0.3 is 0 Å². The summed E-state index contributed by atoms with van der Waals surface area (Å²) in [6, 6.07) is 1.91. The standard InChI is InChI=1S/C7H11N3/c1-2-3-4-7-5-6-8-10-9-7/h5-6H,2-4H2,1H3. The average Bonchev–Trinajstić information content (AvgIpc) is 2.03. The highest BCUT2D eigenvalue weighted by Crippen LogP contribution is 1.97. The Morgan fingerprint density at radius 2 is 2.40 bits per heavy atom. The summed E-state index contributed by atoms with van der Waals surface area (Å²) in [5.74, 6) is 0. The first-order valence-electron chi connectivity index (χ1n) is 3.56. The summed E-state index contributed by atoms with van der Waals surface area (Å²) in [4.78, 5) is 0. The Morgan fingerprint density at radius 1 is 1.50 bits per heavy atom. The van der Waals surface area contributed by atoms with Gasteiger partial charge in [0, 0.05) is 0 Å². The topological polar surface area (TPSA) is 38.7 Å². The van der Waals surface area contributed by atoms with Crippen molar-refractivity contribution < 1.29 is 0 Å². The smallest absolute Gasteiger partial charge is 0.0664 e. The van der Waals surface area contributed by atoms with Gasteiger partial charge in [0.1, 0.15) is 0 Å². The molecule has 1 heterocycles. The third-order valence-corrected chi connectivity index (χ3v) is 1.34. The minimum Gasteiger partial charge on any atom is -0.139 e. The van der Waals surface area contributed by atoms with E-state index in [-0.39, 0.29) is 0 Å². The van der Waals surface area contributed by atoms with Crippen LogP contribution in [0.1, 0.15) is 25.5 Å². The van der Waals surface area contributed by atoms with Gasteiger partial charge in [0.25, 0.3) is 0 Å². The van der Waals surface area contributed by atoms with Crippen LogP contribution in [-0.2, 0) is 6.42 Å². The number of rotatable bonds is 3. The summed E-state index contributed by atoms with van der Waals surface area (Å²) >= 11 is 0. The van der Waals surface area contributed by atoms with Crippen molar-refractivity contribution in [2.75, 3.05) is 0 Å². The van der Waals surface area contributed by atoms with Crippen LogP contribution in [0.4, 0.5) is 0 Å². The van der Waals surface area contributed by atoms with E-state index in [1.54, 1.807) is 6.20 Å². The number of aromatic nitrogens is 3. The van der Waals surface area contributed by atoms with E-state index in [2.05, 4.69) is 22.3 Å². The summed E-state index contributed by atoms with van der Waals surface area (Å²) in [6.45, 7) is 2.16. The molecule has 10 heavy (non-hydrogen) atoms. The summed E-state index contributed by atoms with van der Waals surface area (Å²) in [5.41, 5.74) is 1.04. The van der Waals surface area contributed by atoms with Gasteiger partial charge in [0.05, 0.1) is 11.9 Å². The van der Waals surface area contributed by atoms with Crippen molar-refractivity contribution in [1.29, 1.82) is 0 Å². The summed E-state index contributed by atoms with van der Waals surface area (Å²) in [5, 5.41) is 11.0. The van der Waals surface area contributed by atoms with Crippen LogP contribution in [0.5, 0.6) is 0 Å². The van der Waals surface area contributed by atoms with E-state index in [0.717, 1.165) is 12.1 Å². The Hall–Kier alpha value is -0.990. The molecule has 0 aliphatic carbocycles. The molecule has 0 N–H and O–H groups in total. The zero-order valence-corrected chi connectivity index (χ0v) is 6.12. The maximum absolute atomic E-state index is 3.86. The number of nitrogens with zero attached hydrogens (tertiary/aromatic N) is 3. The molecule has 1 rings (SSSR count). The molecule has 0 saturated carbocycles. The first-order valence-corrected chi connectivity index (χ1v) is 3.56. The largest absolute Gasteiger partial charge is 0.139 e. The van der Waals surface area contributed by atoms with E-state index in [4.69, 9.17) is 0 Å². The molecule has 1 aromatic rings. The molecule has 54 valence electrons. The van der Waals surface area contributed by atoms with Gasteiger partial charge in [-0.1, -0.05) is 13.3 Å². The molecular weight excluding hydrogens is 126 g/mol. The van der Waals surface area contributed by atoms with Crippen LogP contribution < -0.4 is 0 Å². The van der Waals surface area contributed by atoms with Crippen LogP contribution in [0.15, 0.2) is 12.3 Å². The van der Waals surface area contributed by atoms with Crippen LogP contribution in [0.25, 0.3) is 0 Å². The molecule has 0 amide bonds. The molecule has 1 aromatic heterocycles. The maximum Gasteiger partial charge on any atom is 0.0664 e. The summed E-state index contributed by atoms with van der Waals surface area (Å²) < 4.78 is 0. The van der Waals surface area contributed by atoms with Crippen LogP contribution in [0.3, 0.4) is 0 Å². The van der Waals surface area contributed by atoms with Crippen LogP contribution in [-0.4, -0.2) is 15.4 Å². The van der Waals surface area contributed by atoms with Crippen molar-refractivity contribution in [2.45, 2.75) is 26.2 Å². The predicted octanol–water partition coefficient (Wildman–Crippen LogP) is 1.21. The molecule has 0 spiro atoms. The SMILES string of the molecule is CCCCc1ccnnn1. The fourth-order valence-electron chi connectivity index (χ4n) is 0.757. The normalized spacial score (nSPS) is 9.70. The van der Waals surface area contributed by atoms with E-state index in [1.165, 1.54) is 12.8 Å². The van der Waals surface area contributed by atoms with E-state index in [1.807, 2.05) is 6.07 Å². The lowest BCUT2D eigenvalue weighted by atomic mass is 10.2. The summed E-state index contributed by atoms with van der Waals surface area (Å²) in [6.07, 6.45) is 5.08. The molecule has 0 aliphatic rings. The number of hydrogen-bond donors (Lipinski definition) is 0. The molecule has 0 atom stereocenters. The lowest BCUT2D eigenvalue weighted by molar-refractivity contribution is 0.734. The molecule has 0 bridgehead atoms. The highest BCUT2D eigenvalue weighted by atomic mass is 15.3. The molecule has 0 saturated heterocycles. The van der Waals surface area contributed by atoms with E-state index in [0.29, 0.717) is 0 Å². The van der Waals surface area contributed by atoms with Crippen molar-refractivity contribution in [3.63, 3.8) is 0 Å². The first-order chi connectivity index (χ1) is 4.93. The molecule has 3 nitrogen and oxygen atoms in total. The minimum absolute atomic E-state index is 1.02. The second kappa shape index (κ2) is 3.93. The van der Waals surface area contributed by atoms with Gasteiger partial charge in [-0.15, -0.1) is 10.2 Å². The molecule has 3 heteroatoms. The van der Waals surface area contributed by atoms with Crippen molar-refractivity contribution >= 4 is 0 Å². The highest BCUT2D eigenvalue weighted by Gasteiger charge is 1.90. The Morgan fingerprint density at radius 3 is 3.00 bits per heavy atom. The van der Waals surface area contributed by atoms with Gasteiger partial charge in [-0.05, 0) is 24.1 Å². The average molecular weight is 137 g/mol. The maximum atomic E-state index is 3.86. The fraction of sp³-hybridized carbons (Fsp3) is 0.571. The third kappa shape index (κ3) is 2.09. The van der Waals surface area contributed by atoms with Crippen molar-refractivity contribution in [3.8, 4) is 0 Å². The number of aryl methyl sites for hydroxylation is 1. The zero-order chi connectivity index (χ0) is 7.23. The Kier molecular flexibility index (Phi) is 2.80. The van der Waals surface area contributed by atoms with Gasteiger partial charge < -0.3 is 0 Å². The van der Waals surface area contributed by atoms with Crippen LogP contribution in [0, 0.1) is 0 Å². The molecule has 0 aromatic carbocycles. The second-order valence-corrected chi connectivity index (χ2v) is 2.22. The van der Waals surface area contributed by atoms with E-state index < -0.39 is 0 Å².